The maximum atomic E-state index is 14.0. The summed E-state index contributed by atoms with van der Waals surface area (Å²) in [6, 6.07) is 4.05. The standard InChI is InChI=1S/C13H8Cl2FN5OS/c14-5-3-7(16)9(10(17)22)8(4-5)18-11-6-1-2-21(23)12(6)20-13(15)19-11/h1-4,23H,(H2,17,22)(H,18,19,20). The SMILES string of the molecule is NC(=O)c1c(F)cc(Cl)cc1Nc1nc(Cl)nc2c1ccn2S. The Morgan fingerprint density at radius 2 is 2.09 bits per heavy atom. The number of aromatic nitrogens is 3. The Hall–Kier alpha value is -2.03. The molecule has 0 unspecified atom stereocenters. The number of hydrogen-bond donors (Lipinski definition) is 3. The number of nitrogens with zero attached hydrogens (tertiary/aromatic N) is 3. The monoisotopic (exact) mass is 371 g/mol. The molecule has 3 rings (SSSR count). The molecule has 23 heavy (non-hydrogen) atoms. The van der Waals surface area contributed by atoms with Crippen LogP contribution in [-0.2, 0) is 0 Å². The van der Waals surface area contributed by atoms with Gasteiger partial charge in [0.15, 0.2) is 5.65 Å². The first-order valence-corrected chi connectivity index (χ1v) is 7.32. The molecule has 1 amide bonds. The fourth-order valence-electron chi connectivity index (χ4n) is 2.12. The molecule has 3 aromatic rings. The van der Waals surface area contributed by atoms with Gasteiger partial charge >= 0.3 is 0 Å². The first kappa shape index (κ1) is 15.9. The van der Waals surface area contributed by atoms with Crippen LogP contribution in [0.3, 0.4) is 0 Å². The highest BCUT2D eigenvalue weighted by Gasteiger charge is 2.18. The summed E-state index contributed by atoms with van der Waals surface area (Å²) in [7, 11) is 0. The lowest BCUT2D eigenvalue weighted by Gasteiger charge is -2.12. The maximum absolute atomic E-state index is 14.0. The molecule has 0 aliphatic rings. The molecular weight excluding hydrogens is 364 g/mol. The lowest BCUT2D eigenvalue weighted by molar-refractivity contribution is 0.0997. The van der Waals surface area contributed by atoms with Crippen LogP contribution in [0.2, 0.25) is 10.3 Å². The van der Waals surface area contributed by atoms with Crippen LogP contribution in [0.4, 0.5) is 15.9 Å². The van der Waals surface area contributed by atoms with Gasteiger partial charge in [0, 0.05) is 11.2 Å². The number of benzene rings is 1. The fourth-order valence-corrected chi connectivity index (χ4v) is 2.71. The molecular formula is C13H8Cl2FN5OS. The van der Waals surface area contributed by atoms with Gasteiger partial charge in [-0.3, -0.25) is 8.77 Å². The van der Waals surface area contributed by atoms with Crippen LogP contribution in [0.1, 0.15) is 10.4 Å². The molecule has 0 spiro atoms. The highest BCUT2D eigenvalue weighted by molar-refractivity contribution is 7.78. The van der Waals surface area contributed by atoms with Gasteiger partial charge in [-0.1, -0.05) is 24.4 Å². The van der Waals surface area contributed by atoms with Gasteiger partial charge in [0.25, 0.3) is 5.91 Å². The molecule has 0 saturated carbocycles. The number of carbonyl (C=O) groups excluding carboxylic acids is 1. The van der Waals surface area contributed by atoms with Gasteiger partial charge in [-0.05, 0) is 29.8 Å². The minimum Gasteiger partial charge on any atom is -0.365 e. The van der Waals surface area contributed by atoms with E-state index in [-0.39, 0.29) is 27.4 Å². The average Bonchev–Trinajstić information content (AvgIpc) is 2.79. The number of hydrogen-bond acceptors (Lipinski definition) is 5. The molecule has 1 aromatic carbocycles. The van der Waals surface area contributed by atoms with Gasteiger partial charge in [0.05, 0.1) is 16.6 Å². The van der Waals surface area contributed by atoms with Crippen molar-refractivity contribution in [1.82, 2.24) is 13.9 Å². The van der Waals surface area contributed by atoms with E-state index in [0.717, 1.165) is 6.07 Å². The predicted molar refractivity (Wildman–Crippen MR) is 90.1 cm³/mol. The molecule has 0 aliphatic carbocycles. The van der Waals surface area contributed by atoms with Crippen molar-refractivity contribution in [3.8, 4) is 0 Å². The number of primary amides is 1. The van der Waals surface area contributed by atoms with Crippen LogP contribution in [-0.4, -0.2) is 19.8 Å². The largest absolute Gasteiger partial charge is 0.365 e. The number of nitrogens with one attached hydrogen (secondary N) is 1. The Morgan fingerprint density at radius 3 is 2.78 bits per heavy atom. The highest BCUT2D eigenvalue weighted by Crippen LogP contribution is 2.30. The molecule has 2 heterocycles. The third-order valence-corrected chi connectivity index (χ3v) is 3.76. The summed E-state index contributed by atoms with van der Waals surface area (Å²) in [5, 5.41) is 3.45. The fraction of sp³-hybridized carbons (Fsp3) is 0. The predicted octanol–water partition coefficient (Wildman–Crippen LogP) is 3.41. The summed E-state index contributed by atoms with van der Waals surface area (Å²) in [5.41, 5.74) is 5.42. The number of carbonyl (C=O) groups is 1. The van der Waals surface area contributed by atoms with Crippen LogP contribution < -0.4 is 11.1 Å². The molecule has 118 valence electrons. The quantitative estimate of drug-likeness (QED) is 0.486. The zero-order valence-corrected chi connectivity index (χ0v) is 13.6. The average molecular weight is 372 g/mol. The second-order valence-electron chi connectivity index (χ2n) is 4.54. The van der Waals surface area contributed by atoms with Gasteiger partial charge in [-0.2, -0.15) is 9.97 Å². The van der Waals surface area contributed by atoms with Crippen LogP contribution in [0.15, 0.2) is 24.4 Å². The second-order valence-corrected chi connectivity index (χ2v) is 5.74. The molecule has 0 bridgehead atoms. The number of fused-ring (bicyclic) bond motifs is 1. The van der Waals surface area contributed by atoms with Gasteiger partial charge in [-0.25, -0.2) is 4.39 Å². The van der Waals surface area contributed by atoms with E-state index in [1.165, 1.54) is 10.0 Å². The Bertz CT molecular complexity index is 946. The number of amides is 1. The number of thiol groups is 1. The van der Waals surface area contributed by atoms with E-state index in [1.54, 1.807) is 12.3 Å². The van der Waals surface area contributed by atoms with Crippen molar-refractivity contribution in [2.45, 2.75) is 0 Å². The smallest absolute Gasteiger partial charge is 0.253 e. The summed E-state index contributed by atoms with van der Waals surface area (Å²) in [6.45, 7) is 0. The number of rotatable bonds is 3. The molecule has 0 atom stereocenters. The van der Waals surface area contributed by atoms with Crippen molar-refractivity contribution in [1.29, 1.82) is 0 Å². The van der Waals surface area contributed by atoms with E-state index >= 15 is 0 Å². The van der Waals surface area contributed by atoms with Gasteiger partial charge in [-0.15, -0.1) is 0 Å². The second kappa shape index (κ2) is 5.88. The summed E-state index contributed by atoms with van der Waals surface area (Å²) >= 11 is 15.9. The highest BCUT2D eigenvalue weighted by atomic mass is 35.5. The molecule has 0 saturated heterocycles. The lowest BCUT2D eigenvalue weighted by Crippen LogP contribution is -2.16. The topological polar surface area (TPSA) is 85.8 Å². The molecule has 6 nitrogen and oxygen atoms in total. The van der Waals surface area contributed by atoms with Gasteiger partial charge in [0.1, 0.15) is 11.6 Å². The first-order valence-electron chi connectivity index (χ1n) is 6.16. The van der Waals surface area contributed by atoms with Crippen LogP contribution in [0.25, 0.3) is 11.0 Å². The third kappa shape index (κ3) is 2.92. The molecule has 2 aromatic heterocycles. The van der Waals surface area contributed by atoms with Crippen LogP contribution in [0.5, 0.6) is 0 Å². The normalized spacial score (nSPS) is 11.0. The Balaban J connectivity index is 2.18. The number of anilines is 2. The summed E-state index contributed by atoms with van der Waals surface area (Å²) in [5.74, 6) is -1.52. The maximum Gasteiger partial charge on any atom is 0.253 e. The van der Waals surface area contributed by atoms with E-state index in [1.807, 2.05) is 0 Å². The van der Waals surface area contributed by atoms with Gasteiger partial charge in [0.2, 0.25) is 5.28 Å². The third-order valence-electron chi connectivity index (χ3n) is 3.05. The van der Waals surface area contributed by atoms with Gasteiger partial charge < -0.3 is 11.1 Å². The first-order chi connectivity index (χ1) is 10.9. The van der Waals surface area contributed by atoms with E-state index in [0.29, 0.717) is 11.0 Å². The van der Waals surface area contributed by atoms with Crippen molar-refractivity contribution < 1.29 is 9.18 Å². The van der Waals surface area contributed by atoms with Crippen molar-refractivity contribution in [2.24, 2.45) is 5.73 Å². The summed E-state index contributed by atoms with van der Waals surface area (Å²) < 4.78 is 15.4. The van der Waals surface area contributed by atoms with Crippen LogP contribution >= 0.6 is 36.0 Å². The van der Waals surface area contributed by atoms with E-state index in [2.05, 4.69) is 28.1 Å². The van der Waals surface area contributed by atoms with Crippen molar-refractivity contribution in [3.05, 3.63) is 46.1 Å². The van der Waals surface area contributed by atoms with Crippen molar-refractivity contribution >= 4 is 64.5 Å². The zero-order valence-electron chi connectivity index (χ0n) is 11.2. The number of halogens is 3. The number of nitrogens with two attached hydrogens (primary N) is 1. The van der Waals surface area contributed by atoms with Crippen molar-refractivity contribution in [2.75, 3.05) is 5.32 Å². The Kier molecular flexibility index (Phi) is 4.05. The summed E-state index contributed by atoms with van der Waals surface area (Å²) in [6.07, 6.45) is 1.64. The van der Waals surface area contributed by atoms with Crippen LogP contribution in [0, 0.1) is 5.82 Å². The molecule has 0 radical (unpaired) electrons. The minimum absolute atomic E-state index is 0.0443. The van der Waals surface area contributed by atoms with Crippen molar-refractivity contribution in [3.63, 3.8) is 0 Å². The molecule has 3 N–H and O–H groups in total. The molecule has 0 aliphatic heterocycles. The minimum atomic E-state index is -0.940. The Morgan fingerprint density at radius 1 is 1.35 bits per heavy atom. The Labute approximate surface area is 145 Å². The molecule has 0 fully saturated rings. The zero-order chi connectivity index (χ0) is 16.7. The van der Waals surface area contributed by atoms with E-state index < -0.39 is 11.7 Å². The lowest BCUT2D eigenvalue weighted by atomic mass is 10.1. The molecule has 10 heteroatoms. The van der Waals surface area contributed by atoms with E-state index in [4.69, 9.17) is 28.9 Å². The summed E-state index contributed by atoms with van der Waals surface area (Å²) in [4.78, 5) is 19.6. The van der Waals surface area contributed by atoms with E-state index in [9.17, 15) is 9.18 Å².